The normalized spacial score (nSPS) is 18.3. The standard InChI is InChI=1S/C14H17F3N2O2/c1-19(12(20)21)13(5-7-18-8-6-13)10-3-2-4-11(9-10)14(15,16)17/h2-4,9,18H,5-8H2,1H3,(H,20,21). The van der Waals surface area contributed by atoms with Crippen LogP contribution < -0.4 is 5.32 Å². The number of amides is 1. The second kappa shape index (κ2) is 5.55. The van der Waals surface area contributed by atoms with Crippen molar-refractivity contribution in [2.45, 2.75) is 24.6 Å². The Morgan fingerprint density at radius 1 is 1.33 bits per heavy atom. The third-order valence-corrected chi connectivity index (χ3v) is 4.09. The van der Waals surface area contributed by atoms with Gasteiger partial charge in [-0.25, -0.2) is 4.79 Å². The lowest BCUT2D eigenvalue weighted by Gasteiger charge is -2.44. The summed E-state index contributed by atoms with van der Waals surface area (Å²) in [4.78, 5) is 12.5. The molecule has 1 aliphatic heterocycles. The molecule has 1 fully saturated rings. The van der Waals surface area contributed by atoms with Crippen molar-refractivity contribution in [3.8, 4) is 0 Å². The van der Waals surface area contributed by atoms with Gasteiger partial charge in [-0.1, -0.05) is 12.1 Å². The van der Waals surface area contributed by atoms with Gasteiger partial charge in [0.1, 0.15) is 0 Å². The molecule has 1 heterocycles. The molecule has 0 aliphatic carbocycles. The Morgan fingerprint density at radius 3 is 2.48 bits per heavy atom. The average molecular weight is 302 g/mol. The molecule has 0 aromatic heterocycles. The number of halogens is 3. The summed E-state index contributed by atoms with van der Waals surface area (Å²) < 4.78 is 38.6. The summed E-state index contributed by atoms with van der Waals surface area (Å²) in [5.41, 5.74) is -1.28. The van der Waals surface area contributed by atoms with Gasteiger partial charge in [0.15, 0.2) is 0 Å². The molecule has 0 bridgehead atoms. The van der Waals surface area contributed by atoms with Crippen molar-refractivity contribution in [2.24, 2.45) is 0 Å². The van der Waals surface area contributed by atoms with Crippen LogP contribution in [0.1, 0.15) is 24.0 Å². The SMILES string of the molecule is CN(C(=O)O)C1(c2cccc(C(F)(F)F)c2)CCNCC1. The number of benzene rings is 1. The Balaban J connectivity index is 2.49. The Hall–Kier alpha value is -1.76. The van der Waals surface area contributed by atoms with Crippen molar-refractivity contribution in [1.29, 1.82) is 0 Å². The highest BCUT2D eigenvalue weighted by Crippen LogP contribution is 2.39. The first-order chi connectivity index (χ1) is 9.77. The van der Waals surface area contributed by atoms with Crippen molar-refractivity contribution in [1.82, 2.24) is 10.2 Å². The predicted octanol–water partition coefficient (Wildman–Crippen LogP) is 2.89. The van der Waals surface area contributed by atoms with Crippen LogP contribution >= 0.6 is 0 Å². The summed E-state index contributed by atoms with van der Waals surface area (Å²) in [7, 11) is 1.41. The van der Waals surface area contributed by atoms with Crippen LogP contribution in [0.2, 0.25) is 0 Å². The number of carboxylic acid groups (broad SMARTS) is 1. The molecule has 1 aromatic carbocycles. The Labute approximate surface area is 120 Å². The molecule has 0 saturated carbocycles. The van der Waals surface area contributed by atoms with Crippen LogP contribution in [-0.4, -0.2) is 36.2 Å². The minimum absolute atomic E-state index is 0.392. The van der Waals surface area contributed by atoms with Gasteiger partial charge in [-0.15, -0.1) is 0 Å². The van der Waals surface area contributed by atoms with E-state index in [1.54, 1.807) is 6.07 Å². The zero-order chi connectivity index (χ0) is 15.7. The number of alkyl halides is 3. The third-order valence-electron chi connectivity index (χ3n) is 4.09. The minimum atomic E-state index is -4.44. The van der Waals surface area contributed by atoms with Crippen LogP contribution in [0.25, 0.3) is 0 Å². The first-order valence-corrected chi connectivity index (χ1v) is 6.62. The van der Waals surface area contributed by atoms with Crippen molar-refractivity contribution in [3.63, 3.8) is 0 Å². The van der Waals surface area contributed by atoms with Gasteiger partial charge in [-0.05, 0) is 43.6 Å². The van der Waals surface area contributed by atoms with Crippen LogP contribution in [0.4, 0.5) is 18.0 Å². The number of hydrogen-bond donors (Lipinski definition) is 2. The lowest BCUT2D eigenvalue weighted by atomic mass is 9.79. The van der Waals surface area contributed by atoms with Crippen molar-refractivity contribution in [2.75, 3.05) is 20.1 Å². The molecule has 1 amide bonds. The van der Waals surface area contributed by atoms with Gasteiger partial charge >= 0.3 is 12.3 Å². The van der Waals surface area contributed by atoms with Gasteiger partial charge in [0.2, 0.25) is 0 Å². The molecule has 2 N–H and O–H groups in total. The van der Waals surface area contributed by atoms with Crippen LogP contribution in [0.15, 0.2) is 24.3 Å². The molecule has 4 nitrogen and oxygen atoms in total. The first kappa shape index (κ1) is 15.6. The largest absolute Gasteiger partial charge is 0.465 e. The minimum Gasteiger partial charge on any atom is -0.465 e. The molecule has 1 aromatic rings. The van der Waals surface area contributed by atoms with Gasteiger partial charge in [-0.2, -0.15) is 13.2 Å². The number of carbonyl (C=O) groups is 1. The van der Waals surface area contributed by atoms with Gasteiger partial charge in [0.05, 0.1) is 11.1 Å². The van der Waals surface area contributed by atoms with Gasteiger partial charge in [-0.3, -0.25) is 0 Å². The van der Waals surface area contributed by atoms with Crippen molar-refractivity contribution in [3.05, 3.63) is 35.4 Å². The summed E-state index contributed by atoms with van der Waals surface area (Å²) >= 11 is 0. The van der Waals surface area contributed by atoms with E-state index >= 15 is 0 Å². The van der Waals surface area contributed by atoms with E-state index in [1.807, 2.05) is 0 Å². The van der Waals surface area contributed by atoms with E-state index < -0.39 is 23.4 Å². The highest BCUT2D eigenvalue weighted by atomic mass is 19.4. The average Bonchev–Trinajstić information content (AvgIpc) is 2.46. The third kappa shape index (κ3) is 2.97. The molecule has 7 heteroatoms. The highest BCUT2D eigenvalue weighted by molar-refractivity contribution is 5.66. The zero-order valence-corrected chi connectivity index (χ0v) is 11.6. The van der Waals surface area contributed by atoms with E-state index in [1.165, 1.54) is 13.1 Å². The van der Waals surface area contributed by atoms with Gasteiger partial charge < -0.3 is 15.3 Å². The fourth-order valence-electron chi connectivity index (χ4n) is 2.83. The molecule has 1 saturated heterocycles. The molecule has 0 radical (unpaired) electrons. The zero-order valence-electron chi connectivity index (χ0n) is 11.6. The summed E-state index contributed by atoms with van der Waals surface area (Å²) in [5, 5.41) is 12.4. The first-order valence-electron chi connectivity index (χ1n) is 6.62. The number of rotatable bonds is 2. The maximum absolute atomic E-state index is 12.9. The second-order valence-electron chi connectivity index (χ2n) is 5.20. The molecular weight excluding hydrogens is 285 g/mol. The second-order valence-corrected chi connectivity index (χ2v) is 5.20. The van der Waals surface area contributed by atoms with E-state index in [4.69, 9.17) is 0 Å². The van der Waals surface area contributed by atoms with Gasteiger partial charge in [0.25, 0.3) is 0 Å². The molecule has 0 atom stereocenters. The summed E-state index contributed by atoms with van der Waals surface area (Å²) in [6.07, 6.45) is -4.70. The maximum atomic E-state index is 12.9. The summed E-state index contributed by atoms with van der Waals surface area (Å²) in [6, 6.07) is 4.96. The summed E-state index contributed by atoms with van der Waals surface area (Å²) in [6.45, 7) is 1.13. The van der Waals surface area contributed by atoms with E-state index in [-0.39, 0.29) is 0 Å². The number of hydrogen-bond acceptors (Lipinski definition) is 2. The van der Waals surface area contributed by atoms with Crippen LogP contribution in [-0.2, 0) is 11.7 Å². The lowest BCUT2D eigenvalue weighted by Crippen LogP contribution is -2.52. The Bertz CT molecular complexity index is 525. The van der Waals surface area contributed by atoms with Crippen molar-refractivity contribution >= 4 is 6.09 Å². The van der Waals surface area contributed by atoms with E-state index in [9.17, 15) is 23.1 Å². The Kier molecular flexibility index (Phi) is 4.13. The van der Waals surface area contributed by atoms with Gasteiger partial charge in [0, 0.05) is 7.05 Å². The maximum Gasteiger partial charge on any atom is 0.416 e. The number of nitrogens with zero attached hydrogens (tertiary/aromatic N) is 1. The van der Waals surface area contributed by atoms with Crippen molar-refractivity contribution < 1.29 is 23.1 Å². The van der Waals surface area contributed by atoms with Crippen LogP contribution in [0.5, 0.6) is 0 Å². The van der Waals surface area contributed by atoms with E-state index in [2.05, 4.69) is 5.32 Å². The van der Waals surface area contributed by atoms with Crippen LogP contribution in [0, 0.1) is 0 Å². The molecule has 0 spiro atoms. The Morgan fingerprint density at radius 2 is 1.95 bits per heavy atom. The predicted molar refractivity (Wildman–Crippen MR) is 71.0 cm³/mol. The molecule has 2 rings (SSSR count). The quantitative estimate of drug-likeness (QED) is 0.883. The monoisotopic (exact) mass is 302 g/mol. The highest BCUT2D eigenvalue weighted by Gasteiger charge is 2.41. The number of piperidine rings is 1. The molecule has 1 aliphatic rings. The number of nitrogens with one attached hydrogen (secondary N) is 1. The topological polar surface area (TPSA) is 52.6 Å². The molecule has 0 unspecified atom stereocenters. The molecular formula is C14H17F3N2O2. The molecule has 21 heavy (non-hydrogen) atoms. The fourth-order valence-corrected chi connectivity index (χ4v) is 2.83. The van der Waals surface area contributed by atoms with E-state index in [0.29, 0.717) is 31.5 Å². The van der Waals surface area contributed by atoms with Crippen LogP contribution in [0.3, 0.4) is 0 Å². The fraction of sp³-hybridized carbons (Fsp3) is 0.500. The lowest BCUT2D eigenvalue weighted by molar-refractivity contribution is -0.137. The molecule has 116 valence electrons. The smallest absolute Gasteiger partial charge is 0.416 e. The summed E-state index contributed by atoms with van der Waals surface area (Å²) in [5.74, 6) is 0. The van der Waals surface area contributed by atoms with E-state index in [0.717, 1.165) is 17.0 Å².